The molecule has 1 N–H and O–H groups in total. The lowest BCUT2D eigenvalue weighted by Crippen LogP contribution is -2.49. The summed E-state index contributed by atoms with van der Waals surface area (Å²) >= 11 is 0. The highest BCUT2D eigenvalue weighted by Gasteiger charge is 2.24. The molecule has 0 amide bonds. The Labute approximate surface area is 116 Å². The second kappa shape index (κ2) is 7.01. The van der Waals surface area contributed by atoms with Crippen LogP contribution in [0.2, 0.25) is 0 Å². The summed E-state index contributed by atoms with van der Waals surface area (Å²) in [5, 5.41) is 12.6. The molecule has 1 aromatic rings. The van der Waals surface area contributed by atoms with Gasteiger partial charge >= 0.3 is 0 Å². The summed E-state index contributed by atoms with van der Waals surface area (Å²) in [5.74, 6) is 0.837. The van der Waals surface area contributed by atoms with Crippen LogP contribution in [0.4, 0.5) is 5.69 Å². The van der Waals surface area contributed by atoms with Crippen molar-refractivity contribution in [2.45, 2.75) is 25.8 Å². The van der Waals surface area contributed by atoms with Crippen LogP contribution in [0.25, 0.3) is 0 Å². The summed E-state index contributed by atoms with van der Waals surface area (Å²) in [7, 11) is 3.64. The summed E-state index contributed by atoms with van der Waals surface area (Å²) in [6, 6.07) is 10.2. The molecule has 0 aliphatic carbocycles. The summed E-state index contributed by atoms with van der Waals surface area (Å²) in [6.45, 7) is 5.51. The van der Waals surface area contributed by atoms with Crippen molar-refractivity contribution >= 4 is 5.69 Å². The summed E-state index contributed by atoms with van der Waals surface area (Å²) in [4.78, 5) is 2.07. The normalized spacial score (nSPS) is 13.4. The third-order valence-electron chi connectivity index (χ3n) is 3.08. The van der Waals surface area contributed by atoms with Gasteiger partial charge in [-0.15, -0.1) is 0 Å². The maximum absolute atomic E-state index is 9.33. The van der Waals surface area contributed by atoms with E-state index >= 15 is 0 Å². The number of nitriles is 1. The molecule has 0 radical (unpaired) electrons. The highest BCUT2D eigenvalue weighted by Crippen LogP contribution is 2.19. The van der Waals surface area contributed by atoms with Crippen LogP contribution in [0.5, 0.6) is 5.75 Å². The molecule has 104 valence electrons. The van der Waals surface area contributed by atoms with Gasteiger partial charge in [0.2, 0.25) is 0 Å². The zero-order valence-corrected chi connectivity index (χ0v) is 12.2. The number of likely N-dealkylation sites (N-methyl/N-ethyl adjacent to an activating group) is 1. The van der Waals surface area contributed by atoms with Gasteiger partial charge in [0.15, 0.2) is 0 Å². The van der Waals surface area contributed by atoms with Gasteiger partial charge < -0.3 is 9.64 Å². The van der Waals surface area contributed by atoms with E-state index in [-0.39, 0.29) is 0 Å². The third kappa shape index (κ3) is 4.46. The van der Waals surface area contributed by atoms with E-state index in [1.807, 2.05) is 38.2 Å². The third-order valence-corrected chi connectivity index (χ3v) is 3.08. The van der Waals surface area contributed by atoms with E-state index in [9.17, 15) is 5.26 Å². The molecule has 0 saturated carbocycles. The Morgan fingerprint density at radius 3 is 2.47 bits per heavy atom. The van der Waals surface area contributed by atoms with Crippen molar-refractivity contribution in [2.75, 3.05) is 32.1 Å². The molecule has 0 aliphatic heterocycles. The fourth-order valence-electron chi connectivity index (χ4n) is 1.93. The van der Waals surface area contributed by atoms with Crippen LogP contribution < -0.4 is 15.0 Å². The highest BCUT2D eigenvalue weighted by atomic mass is 16.5. The zero-order chi connectivity index (χ0) is 14.3. The smallest absolute Gasteiger partial charge is 0.121 e. The molecule has 19 heavy (non-hydrogen) atoms. The molecule has 1 unspecified atom stereocenters. The average Bonchev–Trinajstić information content (AvgIpc) is 2.45. The molecule has 0 fully saturated rings. The summed E-state index contributed by atoms with van der Waals surface area (Å²) in [6.07, 6.45) is 1.02. The number of anilines is 1. The molecule has 1 rings (SSSR count). The molecule has 0 heterocycles. The lowest BCUT2D eigenvalue weighted by molar-refractivity contribution is 0.414. The number of benzene rings is 1. The quantitative estimate of drug-likeness (QED) is 0.819. The van der Waals surface area contributed by atoms with Gasteiger partial charge in [-0.2, -0.15) is 5.26 Å². The average molecular weight is 261 g/mol. The van der Waals surface area contributed by atoms with E-state index in [1.165, 1.54) is 0 Å². The molecular weight excluding hydrogens is 238 g/mol. The van der Waals surface area contributed by atoms with Crippen LogP contribution in [-0.2, 0) is 0 Å². The Bertz CT molecular complexity index is 424. The van der Waals surface area contributed by atoms with Gasteiger partial charge in [-0.1, -0.05) is 6.92 Å². The first-order chi connectivity index (χ1) is 9.04. The molecule has 0 spiro atoms. The number of hydrogen-bond acceptors (Lipinski definition) is 4. The van der Waals surface area contributed by atoms with E-state index in [2.05, 4.69) is 23.2 Å². The Hall–Kier alpha value is -1.73. The lowest BCUT2D eigenvalue weighted by atomic mass is 10.0. The Kier molecular flexibility index (Phi) is 5.65. The minimum Gasteiger partial charge on any atom is -0.497 e. The van der Waals surface area contributed by atoms with E-state index in [0.717, 1.165) is 24.4 Å². The predicted molar refractivity (Wildman–Crippen MR) is 78.6 cm³/mol. The van der Waals surface area contributed by atoms with E-state index in [4.69, 9.17) is 4.74 Å². The molecule has 0 aromatic heterocycles. The van der Waals surface area contributed by atoms with Crippen molar-refractivity contribution in [1.29, 1.82) is 5.26 Å². The van der Waals surface area contributed by atoms with Gasteiger partial charge in [0.05, 0.1) is 13.2 Å². The van der Waals surface area contributed by atoms with Gasteiger partial charge in [-0.3, -0.25) is 5.32 Å². The molecule has 1 aromatic carbocycles. The topological polar surface area (TPSA) is 48.3 Å². The summed E-state index contributed by atoms with van der Waals surface area (Å²) < 4.78 is 5.14. The fraction of sp³-hybridized carbons (Fsp3) is 0.533. The molecule has 0 saturated heterocycles. The predicted octanol–water partition coefficient (Wildman–Crippen LogP) is 2.41. The molecule has 4 heteroatoms. The largest absolute Gasteiger partial charge is 0.497 e. The minimum absolute atomic E-state index is 0.537. The lowest BCUT2D eigenvalue weighted by Gasteiger charge is -2.30. The van der Waals surface area contributed by atoms with Crippen LogP contribution in [0.1, 0.15) is 20.3 Å². The van der Waals surface area contributed by atoms with Gasteiger partial charge in [-0.05, 0) is 44.2 Å². The van der Waals surface area contributed by atoms with E-state index in [1.54, 1.807) is 7.11 Å². The van der Waals surface area contributed by atoms with Crippen LogP contribution in [-0.4, -0.2) is 32.8 Å². The first-order valence-corrected chi connectivity index (χ1v) is 6.56. The SMILES string of the molecule is CCCNC(C)(C#N)CN(C)c1ccc(OC)cc1. The monoisotopic (exact) mass is 261 g/mol. The number of nitrogens with one attached hydrogen (secondary N) is 1. The first-order valence-electron chi connectivity index (χ1n) is 6.56. The Morgan fingerprint density at radius 1 is 1.37 bits per heavy atom. The van der Waals surface area contributed by atoms with Gasteiger partial charge in [0.1, 0.15) is 11.3 Å². The Balaban J connectivity index is 2.71. The number of rotatable bonds is 7. The standard InChI is InChI=1S/C15H23N3O/c1-5-10-17-15(2,11-16)12-18(3)13-6-8-14(19-4)9-7-13/h6-9,17H,5,10,12H2,1-4H3. The molecule has 0 aliphatic rings. The van der Waals surface area contributed by atoms with Crippen LogP contribution in [0.15, 0.2) is 24.3 Å². The molecule has 4 nitrogen and oxygen atoms in total. The van der Waals surface area contributed by atoms with Crippen molar-refractivity contribution < 1.29 is 4.74 Å². The van der Waals surface area contributed by atoms with E-state index < -0.39 is 5.54 Å². The maximum Gasteiger partial charge on any atom is 0.121 e. The van der Waals surface area contributed by atoms with Crippen molar-refractivity contribution in [2.24, 2.45) is 0 Å². The first kappa shape index (κ1) is 15.3. The number of ether oxygens (including phenoxy) is 1. The van der Waals surface area contributed by atoms with Gasteiger partial charge in [-0.25, -0.2) is 0 Å². The number of methoxy groups -OCH3 is 1. The van der Waals surface area contributed by atoms with Crippen molar-refractivity contribution in [1.82, 2.24) is 5.32 Å². The van der Waals surface area contributed by atoms with E-state index in [0.29, 0.717) is 6.54 Å². The van der Waals surface area contributed by atoms with Gasteiger partial charge in [0.25, 0.3) is 0 Å². The maximum atomic E-state index is 9.33. The van der Waals surface area contributed by atoms with Crippen molar-refractivity contribution in [3.05, 3.63) is 24.3 Å². The molecule has 0 bridgehead atoms. The molecular formula is C15H23N3O. The minimum atomic E-state index is -0.537. The zero-order valence-electron chi connectivity index (χ0n) is 12.2. The number of hydrogen-bond donors (Lipinski definition) is 1. The fourth-order valence-corrected chi connectivity index (χ4v) is 1.93. The number of nitrogens with zero attached hydrogens (tertiary/aromatic N) is 2. The second-order valence-electron chi connectivity index (χ2n) is 4.92. The van der Waals surface area contributed by atoms with Gasteiger partial charge in [0, 0.05) is 19.3 Å². The van der Waals surface area contributed by atoms with Crippen LogP contribution in [0.3, 0.4) is 0 Å². The van der Waals surface area contributed by atoms with Crippen LogP contribution >= 0.6 is 0 Å². The van der Waals surface area contributed by atoms with Crippen LogP contribution in [0, 0.1) is 11.3 Å². The highest BCUT2D eigenvalue weighted by molar-refractivity contribution is 5.49. The Morgan fingerprint density at radius 2 is 2.00 bits per heavy atom. The molecule has 1 atom stereocenters. The van der Waals surface area contributed by atoms with Crippen molar-refractivity contribution in [3.63, 3.8) is 0 Å². The second-order valence-corrected chi connectivity index (χ2v) is 4.92. The van der Waals surface area contributed by atoms with Crippen molar-refractivity contribution in [3.8, 4) is 11.8 Å². The summed E-state index contributed by atoms with van der Waals surface area (Å²) in [5.41, 5.74) is 0.533.